The molecule has 1 rings (SSSR count). The maximum absolute atomic E-state index is 11.6. The van der Waals surface area contributed by atoms with Crippen LogP contribution in [-0.2, 0) is 10.2 Å². The predicted molar refractivity (Wildman–Crippen MR) is 96.8 cm³/mol. The molecule has 0 heterocycles. The molecule has 5 heteroatoms. The van der Waals surface area contributed by atoms with Crippen LogP contribution < -0.4 is 16.0 Å². The maximum Gasteiger partial charge on any atom is 0.221 e. The molecule has 0 fully saturated rings. The lowest BCUT2D eigenvalue weighted by Gasteiger charge is -2.26. The van der Waals surface area contributed by atoms with Crippen LogP contribution in [0.15, 0.2) is 35.3 Å². The molecule has 23 heavy (non-hydrogen) atoms. The average Bonchev–Trinajstić information content (AvgIpc) is 2.56. The van der Waals surface area contributed by atoms with Crippen LogP contribution in [0.25, 0.3) is 0 Å². The van der Waals surface area contributed by atoms with E-state index in [1.807, 2.05) is 13.0 Å². The number of guanidine groups is 1. The van der Waals surface area contributed by atoms with E-state index in [0.29, 0.717) is 13.0 Å². The highest BCUT2D eigenvalue weighted by Crippen LogP contribution is 2.21. The van der Waals surface area contributed by atoms with Crippen LogP contribution in [0.5, 0.6) is 0 Å². The Morgan fingerprint density at radius 1 is 1.09 bits per heavy atom. The Hall–Kier alpha value is -2.04. The van der Waals surface area contributed by atoms with Crippen LogP contribution in [0.3, 0.4) is 0 Å². The molecule has 0 aliphatic heterocycles. The molecule has 0 radical (unpaired) electrons. The van der Waals surface area contributed by atoms with Crippen LogP contribution in [0.2, 0.25) is 0 Å². The number of hydrogen-bond donors (Lipinski definition) is 3. The fourth-order valence-corrected chi connectivity index (χ4v) is 2.16. The summed E-state index contributed by atoms with van der Waals surface area (Å²) in [6.45, 7) is 8.50. The van der Waals surface area contributed by atoms with Gasteiger partial charge in [0.1, 0.15) is 0 Å². The Balaban J connectivity index is 2.38. The second-order valence-electron chi connectivity index (χ2n) is 6.20. The maximum atomic E-state index is 11.6. The number of carbonyl (C=O) groups excluding carboxylic acids is 1. The minimum absolute atomic E-state index is 0.00260. The number of aliphatic imine (C=N–C) groups is 1. The van der Waals surface area contributed by atoms with Crippen LogP contribution in [0.4, 0.5) is 0 Å². The van der Waals surface area contributed by atoms with Crippen LogP contribution in [-0.4, -0.2) is 38.5 Å². The van der Waals surface area contributed by atoms with Gasteiger partial charge in [0.05, 0.1) is 0 Å². The highest BCUT2D eigenvalue weighted by Gasteiger charge is 2.20. The molecule has 0 unspecified atom stereocenters. The van der Waals surface area contributed by atoms with Crippen molar-refractivity contribution >= 4 is 11.9 Å². The Kier molecular flexibility index (Phi) is 8.16. The van der Waals surface area contributed by atoms with Crippen molar-refractivity contribution in [3.8, 4) is 0 Å². The van der Waals surface area contributed by atoms with Crippen molar-refractivity contribution in [1.29, 1.82) is 0 Å². The summed E-state index contributed by atoms with van der Waals surface area (Å²) in [5, 5.41) is 9.37. The van der Waals surface area contributed by atoms with E-state index in [1.165, 1.54) is 5.56 Å². The van der Waals surface area contributed by atoms with Crippen molar-refractivity contribution in [2.24, 2.45) is 4.99 Å². The molecule has 0 aliphatic carbocycles. The molecular weight excluding hydrogens is 288 g/mol. The van der Waals surface area contributed by atoms with E-state index >= 15 is 0 Å². The van der Waals surface area contributed by atoms with Gasteiger partial charge in [-0.05, 0) is 12.0 Å². The van der Waals surface area contributed by atoms with E-state index < -0.39 is 0 Å². The summed E-state index contributed by atoms with van der Waals surface area (Å²) in [5.41, 5.74) is 1.28. The number of benzene rings is 1. The zero-order valence-corrected chi connectivity index (χ0v) is 14.8. The second kappa shape index (κ2) is 9.87. The largest absolute Gasteiger partial charge is 0.356 e. The molecule has 1 aromatic rings. The monoisotopic (exact) mass is 318 g/mol. The standard InChI is InChI=1S/C18H30N4O/c1-5-12-20-16(23)11-13-21-17(19-4)22-14-18(2,3)15-9-7-6-8-10-15/h6-10H,5,11-14H2,1-4H3,(H,20,23)(H2,19,21,22). The lowest BCUT2D eigenvalue weighted by molar-refractivity contribution is -0.120. The van der Waals surface area contributed by atoms with Gasteiger partial charge >= 0.3 is 0 Å². The smallest absolute Gasteiger partial charge is 0.221 e. The lowest BCUT2D eigenvalue weighted by atomic mass is 9.85. The van der Waals surface area contributed by atoms with Gasteiger partial charge in [0.25, 0.3) is 0 Å². The number of carbonyl (C=O) groups is 1. The normalized spacial score (nSPS) is 11.9. The Morgan fingerprint density at radius 2 is 1.78 bits per heavy atom. The third-order valence-corrected chi connectivity index (χ3v) is 3.69. The van der Waals surface area contributed by atoms with Gasteiger partial charge in [0.15, 0.2) is 5.96 Å². The van der Waals surface area contributed by atoms with Crippen molar-refractivity contribution in [2.75, 3.05) is 26.7 Å². The Morgan fingerprint density at radius 3 is 2.39 bits per heavy atom. The number of hydrogen-bond acceptors (Lipinski definition) is 2. The number of amides is 1. The van der Waals surface area contributed by atoms with E-state index in [9.17, 15) is 4.79 Å². The van der Waals surface area contributed by atoms with Gasteiger partial charge in [0, 0.05) is 38.5 Å². The molecular formula is C18H30N4O. The lowest BCUT2D eigenvalue weighted by Crippen LogP contribution is -2.44. The molecule has 5 nitrogen and oxygen atoms in total. The number of nitrogens with one attached hydrogen (secondary N) is 3. The first-order valence-electron chi connectivity index (χ1n) is 8.26. The highest BCUT2D eigenvalue weighted by atomic mass is 16.1. The van der Waals surface area contributed by atoms with Crippen molar-refractivity contribution < 1.29 is 4.79 Å². The third-order valence-electron chi connectivity index (χ3n) is 3.69. The van der Waals surface area contributed by atoms with E-state index in [0.717, 1.165) is 25.5 Å². The predicted octanol–water partition coefficient (Wildman–Crippen LogP) is 2.05. The van der Waals surface area contributed by atoms with Gasteiger partial charge in [-0.25, -0.2) is 0 Å². The molecule has 0 spiro atoms. The van der Waals surface area contributed by atoms with Crippen molar-refractivity contribution in [3.63, 3.8) is 0 Å². The van der Waals surface area contributed by atoms with Crippen LogP contribution >= 0.6 is 0 Å². The average molecular weight is 318 g/mol. The minimum atomic E-state index is -0.00260. The fourth-order valence-electron chi connectivity index (χ4n) is 2.16. The summed E-state index contributed by atoms with van der Waals surface area (Å²) in [4.78, 5) is 15.8. The molecule has 128 valence electrons. The summed E-state index contributed by atoms with van der Waals surface area (Å²) in [6.07, 6.45) is 1.40. The quantitative estimate of drug-likeness (QED) is 0.508. The van der Waals surface area contributed by atoms with Gasteiger partial charge in [-0.3, -0.25) is 9.79 Å². The Labute approximate surface area is 140 Å². The van der Waals surface area contributed by atoms with Crippen molar-refractivity contribution in [1.82, 2.24) is 16.0 Å². The van der Waals surface area contributed by atoms with E-state index in [-0.39, 0.29) is 11.3 Å². The summed E-state index contributed by atoms with van der Waals surface area (Å²) < 4.78 is 0. The van der Waals surface area contributed by atoms with E-state index in [2.05, 4.69) is 59.1 Å². The van der Waals surface area contributed by atoms with Gasteiger partial charge in [-0.2, -0.15) is 0 Å². The second-order valence-corrected chi connectivity index (χ2v) is 6.20. The summed E-state index contributed by atoms with van der Waals surface area (Å²) in [6, 6.07) is 10.4. The first-order valence-corrected chi connectivity index (χ1v) is 8.26. The first kappa shape index (κ1) is 19.0. The fraction of sp³-hybridized carbons (Fsp3) is 0.556. The van der Waals surface area contributed by atoms with Gasteiger partial charge in [0.2, 0.25) is 5.91 Å². The van der Waals surface area contributed by atoms with E-state index in [1.54, 1.807) is 7.05 Å². The van der Waals surface area contributed by atoms with Crippen molar-refractivity contribution in [2.45, 2.75) is 39.0 Å². The summed E-state index contributed by atoms with van der Waals surface area (Å²) >= 11 is 0. The van der Waals surface area contributed by atoms with Gasteiger partial charge in [-0.1, -0.05) is 51.1 Å². The van der Waals surface area contributed by atoms with Crippen LogP contribution in [0, 0.1) is 0 Å². The topological polar surface area (TPSA) is 65.5 Å². The molecule has 0 saturated heterocycles. The van der Waals surface area contributed by atoms with Gasteiger partial charge < -0.3 is 16.0 Å². The molecule has 0 atom stereocenters. The highest BCUT2D eigenvalue weighted by molar-refractivity contribution is 5.81. The Bertz CT molecular complexity index is 497. The molecule has 0 bridgehead atoms. The van der Waals surface area contributed by atoms with E-state index in [4.69, 9.17) is 0 Å². The molecule has 1 amide bonds. The zero-order chi connectivity index (χ0) is 17.1. The summed E-state index contributed by atoms with van der Waals surface area (Å²) in [5.74, 6) is 0.789. The molecule has 0 aromatic heterocycles. The molecule has 0 aliphatic rings. The number of nitrogens with zero attached hydrogens (tertiary/aromatic N) is 1. The third kappa shape index (κ3) is 7.17. The zero-order valence-electron chi connectivity index (χ0n) is 14.8. The molecule has 0 saturated carbocycles. The molecule has 1 aromatic carbocycles. The summed E-state index contributed by atoms with van der Waals surface area (Å²) in [7, 11) is 1.74. The van der Waals surface area contributed by atoms with Gasteiger partial charge in [-0.15, -0.1) is 0 Å². The van der Waals surface area contributed by atoms with Crippen molar-refractivity contribution in [3.05, 3.63) is 35.9 Å². The minimum Gasteiger partial charge on any atom is -0.356 e. The van der Waals surface area contributed by atoms with Crippen LogP contribution in [0.1, 0.15) is 39.2 Å². The number of rotatable bonds is 8. The SMILES string of the molecule is CCCNC(=O)CCNC(=NC)NCC(C)(C)c1ccccc1. The molecule has 3 N–H and O–H groups in total. The first-order chi connectivity index (χ1) is 11.0.